The average molecular weight is 398 g/mol. The lowest BCUT2D eigenvalue weighted by Crippen LogP contribution is -2.42. The van der Waals surface area contributed by atoms with Crippen LogP contribution in [0, 0.1) is 0 Å². The molecular weight excluding hydrogens is 376 g/mol. The van der Waals surface area contributed by atoms with Crippen LogP contribution in [-0.2, 0) is 19.4 Å². The van der Waals surface area contributed by atoms with Crippen molar-refractivity contribution >= 4 is 27.3 Å². The first-order chi connectivity index (χ1) is 13.5. The van der Waals surface area contributed by atoms with Crippen LogP contribution >= 0.6 is 0 Å². The van der Waals surface area contributed by atoms with Gasteiger partial charge in [-0.15, -0.1) is 0 Å². The zero-order chi connectivity index (χ0) is 19.7. The molecule has 2 aliphatic heterocycles. The number of hydrogen-bond donors (Lipinski definition) is 0. The first kappa shape index (κ1) is 18.7. The number of amides is 2. The van der Waals surface area contributed by atoms with E-state index >= 15 is 0 Å². The van der Waals surface area contributed by atoms with Crippen LogP contribution in [0.2, 0.25) is 0 Å². The Bertz CT molecular complexity index is 998. The minimum atomic E-state index is -3.78. The number of carbonyl (C=O) groups excluding carboxylic acids is 2. The van der Waals surface area contributed by atoms with Crippen molar-refractivity contribution in [3.63, 3.8) is 0 Å². The van der Waals surface area contributed by atoms with Crippen molar-refractivity contribution in [2.45, 2.75) is 29.4 Å². The second kappa shape index (κ2) is 7.39. The molecule has 0 bridgehead atoms. The van der Waals surface area contributed by atoms with Gasteiger partial charge in [0.05, 0.1) is 15.8 Å². The van der Waals surface area contributed by atoms with Crippen molar-refractivity contribution in [2.24, 2.45) is 0 Å². The summed E-state index contributed by atoms with van der Waals surface area (Å²) >= 11 is 0. The average Bonchev–Trinajstić information content (AvgIpc) is 3.23. The number of likely N-dealkylation sites (tertiary alicyclic amines) is 1. The van der Waals surface area contributed by atoms with Gasteiger partial charge in [0.1, 0.15) is 6.54 Å². The molecule has 4 rings (SSSR count). The highest BCUT2D eigenvalue weighted by Gasteiger charge is 2.40. The van der Waals surface area contributed by atoms with E-state index in [0.29, 0.717) is 24.3 Å². The van der Waals surface area contributed by atoms with Gasteiger partial charge in [-0.1, -0.05) is 42.5 Å². The minimum Gasteiger partial charge on any atom is -0.341 e. The number of benzene rings is 2. The van der Waals surface area contributed by atoms with Crippen LogP contribution in [0.5, 0.6) is 0 Å². The lowest BCUT2D eigenvalue weighted by Gasteiger charge is -2.24. The summed E-state index contributed by atoms with van der Waals surface area (Å²) in [6, 6.07) is 15.3. The molecule has 0 aromatic heterocycles. The van der Waals surface area contributed by atoms with Gasteiger partial charge < -0.3 is 9.80 Å². The Hall–Kier alpha value is -2.67. The van der Waals surface area contributed by atoms with Crippen molar-refractivity contribution in [3.8, 4) is 0 Å². The third-order valence-electron chi connectivity index (χ3n) is 5.42. The van der Waals surface area contributed by atoms with Gasteiger partial charge in [0.15, 0.2) is 9.84 Å². The molecule has 2 aliphatic rings. The van der Waals surface area contributed by atoms with Crippen LogP contribution < -0.4 is 4.90 Å². The highest BCUT2D eigenvalue weighted by Crippen LogP contribution is 2.40. The summed E-state index contributed by atoms with van der Waals surface area (Å²) in [5.74, 6) is -0.494. The number of hydrogen-bond acceptors (Lipinski definition) is 4. The van der Waals surface area contributed by atoms with Gasteiger partial charge in [-0.05, 0) is 30.5 Å². The molecular formula is C21H22N2O4S. The van der Waals surface area contributed by atoms with Gasteiger partial charge in [-0.3, -0.25) is 9.59 Å². The van der Waals surface area contributed by atoms with Crippen molar-refractivity contribution in [1.29, 1.82) is 0 Å². The van der Waals surface area contributed by atoms with E-state index < -0.39 is 15.1 Å². The highest BCUT2D eigenvalue weighted by molar-refractivity contribution is 7.92. The Kier molecular flexibility index (Phi) is 4.93. The van der Waals surface area contributed by atoms with Gasteiger partial charge in [0.2, 0.25) is 11.8 Å². The van der Waals surface area contributed by atoms with Gasteiger partial charge in [-0.25, -0.2) is 8.42 Å². The van der Waals surface area contributed by atoms with Crippen LogP contribution in [-0.4, -0.2) is 44.8 Å². The lowest BCUT2D eigenvalue weighted by molar-refractivity contribution is -0.130. The van der Waals surface area contributed by atoms with Gasteiger partial charge in [0, 0.05) is 19.5 Å². The fourth-order valence-corrected chi connectivity index (χ4v) is 5.85. The van der Waals surface area contributed by atoms with Gasteiger partial charge in [-0.2, -0.15) is 0 Å². The standard InChI is InChI=1S/C21H22N2O4S/c24-20-14-19(16-8-2-1-3-9-16)28(26,27)18-11-5-4-10-17(18)23(20)15-21(25)22-12-6-7-13-22/h1-5,8-11,19H,6-7,12-15H2/t19-/m1/s1. The Labute approximate surface area is 164 Å². The molecule has 1 fully saturated rings. The normalized spacial score (nSPS) is 21.3. The summed E-state index contributed by atoms with van der Waals surface area (Å²) in [6.07, 6.45) is 1.73. The summed E-state index contributed by atoms with van der Waals surface area (Å²) in [5.41, 5.74) is 0.872. The maximum absolute atomic E-state index is 13.4. The van der Waals surface area contributed by atoms with E-state index in [2.05, 4.69) is 0 Å². The Morgan fingerprint density at radius 3 is 2.32 bits per heavy atom. The zero-order valence-corrected chi connectivity index (χ0v) is 16.3. The monoisotopic (exact) mass is 398 g/mol. The Balaban J connectivity index is 1.76. The molecule has 1 saturated heterocycles. The quantitative estimate of drug-likeness (QED) is 0.796. The van der Waals surface area contributed by atoms with Crippen molar-refractivity contribution < 1.29 is 18.0 Å². The molecule has 0 aliphatic carbocycles. The zero-order valence-electron chi connectivity index (χ0n) is 15.5. The maximum Gasteiger partial charge on any atom is 0.242 e. The first-order valence-electron chi connectivity index (χ1n) is 9.44. The van der Waals surface area contributed by atoms with E-state index in [1.165, 1.54) is 11.0 Å². The largest absolute Gasteiger partial charge is 0.341 e. The molecule has 0 radical (unpaired) electrons. The SMILES string of the molecule is O=C(CN1C(=O)C[C@H](c2ccccc2)S(=O)(=O)c2ccccc21)N1CCCC1. The van der Waals surface area contributed by atoms with E-state index in [1.807, 2.05) is 6.07 Å². The number of fused-ring (bicyclic) bond motifs is 1. The van der Waals surface area contributed by atoms with Crippen LogP contribution in [0.25, 0.3) is 0 Å². The molecule has 2 heterocycles. The second-order valence-electron chi connectivity index (χ2n) is 7.18. The molecule has 2 aromatic carbocycles. The van der Waals surface area contributed by atoms with Crippen molar-refractivity contribution in [3.05, 3.63) is 60.2 Å². The van der Waals surface area contributed by atoms with Gasteiger partial charge >= 0.3 is 0 Å². The maximum atomic E-state index is 13.4. The fourth-order valence-electron chi connectivity index (χ4n) is 3.93. The summed E-state index contributed by atoms with van der Waals surface area (Å²) in [5, 5.41) is -0.964. The van der Waals surface area contributed by atoms with E-state index in [4.69, 9.17) is 0 Å². The number of rotatable bonds is 3. The van der Waals surface area contributed by atoms with Crippen LogP contribution in [0.4, 0.5) is 5.69 Å². The molecule has 2 aromatic rings. The summed E-state index contributed by atoms with van der Waals surface area (Å²) in [6.45, 7) is 1.24. The first-order valence-corrected chi connectivity index (χ1v) is 11.0. The van der Waals surface area contributed by atoms with Crippen molar-refractivity contribution in [1.82, 2.24) is 4.90 Å². The molecule has 0 unspecified atom stereocenters. The summed E-state index contributed by atoms with van der Waals surface area (Å²) in [4.78, 5) is 29.0. The minimum absolute atomic E-state index is 0.101. The number of carbonyl (C=O) groups is 2. The number of nitrogens with zero attached hydrogens (tertiary/aromatic N) is 2. The molecule has 28 heavy (non-hydrogen) atoms. The van der Waals surface area contributed by atoms with E-state index in [0.717, 1.165) is 12.8 Å². The molecule has 0 spiro atoms. The van der Waals surface area contributed by atoms with E-state index in [1.54, 1.807) is 47.4 Å². The second-order valence-corrected chi connectivity index (χ2v) is 9.28. The molecule has 0 saturated carbocycles. The molecule has 6 nitrogen and oxygen atoms in total. The Morgan fingerprint density at radius 1 is 0.964 bits per heavy atom. The van der Waals surface area contributed by atoms with Crippen LogP contribution in [0.1, 0.15) is 30.1 Å². The molecule has 7 heteroatoms. The molecule has 2 amide bonds. The fraction of sp³-hybridized carbons (Fsp3) is 0.333. The third-order valence-corrected chi connectivity index (χ3v) is 7.57. The van der Waals surface area contributed by atoms with Crippen molar-refractivity contribution in [2.75, 3.05) is 24.5 Å². The van der Waals surface area contributed by atoms with E-state index in [9.17, 15) is 18.0 Å². The lowest BCUT2D eigenvalue weighted by atomic mass is 10.1. The summed E-state index contributed by atoms with van der Waals surface area (Å²) < 4.78 is 26.8. The highest BCUT2D eigenvalue weighted by atomic mass is 32.2. The number of sulfone groups is 1. The molecule has 146 valence electrons. The smallest absolute Gasteiger partial charge is 0.242 e. The predicted molar refractivity (Wildman–Crippen MR) is 106 cm³/mol. The number of para-hydroxylation sites is 1. The molecule has 1 atom stereocenters. The van der Waals surface area contributed by atoms with E-state index in [-0.39, 0.29) is 29.7 Å². The van der Waals surface area contributed by atoms with Crippen LogP contribution in [0.15, 0.2) is 59.5 Å². The van der Waals surface area contributed by atoms with Gasteiger partial charge in [0.25, 0.3) is 0 Å². The topological polar surface area (TPSA) is 74.8 Å². The number of anilines is 1. The third kappa shape index (κ3) is 3.30. The summed E-state index contributed by atoms with van der Waals surface area (Å²) in [7, 11) is -3.78. The molecule has 0 N–H and O–H groups in total. The predicted octanol–water partition coefficient (Wildman–Crippen LogP) is 2.56. The Morgan fingerprint density at radius 2 is 1.61 bits per heavy atom. The van der Waals surface area contributed by atoms with Crippen LogP contribution in [0.3, 0.4) is 0 Å².